The molecule has 2 rings (SSSR count). The number of aryl methyl sites for hydroxylation is 2. The summed E-state index contributed by atoms with van der Waals surface area (Å²) in [5.74, 6) is 1.99. The van der Waals surface area contributed by atoms with E-state index in [0.717, 1.165) is 30.4 Å². The molecule has 0 saturated carbocycles. The Morgan fingerprint density at radius 1 is 1.33 bits per heavy atom. The summed E-state index contributed by atoms with van der Waals surface area (Å²) < 4.78 is 0. The topological polar surface area (TPSA) is 32.3 Å². The standard InChI is InChI=1S/C14H24N4/c1-11-10-14(16-12(2)15-11)18-8-5-6-13(18)7-9-17(3)4/h10,13H,5-9H2,1-4H3. The zero-order chi connectivity index (χ0) is 13.1. The van der Waals surface area contributed by atoms with Crippen molar-refractivity contribution < 1.29 is 0 Å². The fourth-order valence-electron chi connectivity index (χ4n) is 2.69. The third-order valence-corrected chi connectivity index (χ3v) is 3.53. The predicted molar refractivity (Wildman–Crippen MR) is 75.0 cm³/mol. The van der Waals surface area contributed by atoms with E-state index >= 15 is 0 Å². The Morgan fingerprint density at radius 2 is 2.11 bits per heavy atom. The van der Waals surface area contributed by atoms with Crippen molar-refractivity contribution in [3.05, 3.63) is 17.6 Å². The zero-order valence-electron chi connectivity index (χ0n) is 12.0. The molecule has 1 aliphatic heterocycles. The van der Waals surface area contributed by atoms with Crippen LogP contribution in [0.25, 0.3) is 0 Å². The van der Waals surface area contributed by atoms with Crippen molar-refractivity contribution in [2.75, 3.05) is 32.1 Å². The fraction of sp³-hybridized carbons (Fsp3) is 0.714. The molecule has 0 aromatic carbocycles. The maximum Gasteiger partial charge on any atom is 0.132 e. The van der Waals surface area contributed by atoms with Crippen molar-refractivity contribution in [3.63, 3.8) is 0 Å². The van der Waals surface area contributed by atoms with E-state index in [2.05, 4.69) is 39.9 Å². The van der Waals surface area contributed by atoms with Crippen LogP contribution in [-0.2, 0) is 0 Å². The molecule has 1 saturated heterocycles. The lowest BCUT2D eigenvalue weighted by Crippen LogP contribution is -2.33. The molecule has 1 atom stereocenters. The maximum absolute atomic E-state index is 4.59. The van der Waals surface area contributed by atoms with Gasteiger partial charge in [0.05, 0.1) is 0 Å². The van der Waals surface area contributed by atoms with Gasteiger partial charge >= 0.3 is 0 Å². The highest BCUT2D eigenvalue weighted by molar-refractivity contribution is 5.42. The minimum atomic E-state index is 0.640. The zero-order valence-corrected chi connectivity index (χ0v) is 12.0. The highest BCUT2D eigenvalue weighted by Crippen LogP contribution is 2.26. The number of hydrogen-bond acceptors (Lipinski definition) is 4. The molecule has 1 aromatic heterocycles. The Balaban J connectivity index is 2.10. The van der Waals surface area contributed by atoms with Crippen molar-refractivity contribution >= 4 is 5.82 Å². The second kappa shape index (κ2) is 5.65. The van der Waals surface area contributed by atoms with Gasteiger partial charge in [0.2, 0.25) is 0 Å². The van der Waals surface area contributed by atoms with Crippen LogP contribution >= 0.6 is 0 Å². The molecule has 1 fully saturated rings. The van der Waals surface area contributed by atoms with Gasteiger partial charge in [0.15, 0.2) is 0 Å². The van der Waals surface area contributed by atoms with Crippen molar-refractivity contribution in [2.24, 2.45) is 0 Å². The lowest BCUT2D eigenvalue weighted by molar-refractivity contribution is 0.379. The maximum atomic E-state index is 4.59. The molecule has 0 bridgehead atoms. The van der Waals surface area contributed by atoms with E-state index in [4.69, 9.17) is 0 Å². The Kier molecular flexibility index (Phi) is 4.17. The molecule has 18 heavy (non-hydrogen) atoms. The lowest BCUT2D eigenvalue weighted by atomic mass is 10.1. The van der Waals surface area contributed by atoms with Gasteiger partial charge in [-0.1, -0.05) is 0 Å². The van der Waals surface area contributed by atoms with Gasteiger partial charge in [-0.05, 0) is 53.8 Å². The van der Waals surface area contributed by atoms with Crippen LogP contribution in [-0.4, -0.2) is 48.1 Å². The lowest BCUT2D eigenvalue weighted by Gasteiger charge is -2.27. The summed E-state index contributed by atoms with van der Waals surface area (Å²) in [6.45, 7) is 6.29. The van der Waals surface area contributed by atoms with Crippen LogP contribution in [0.3, 0.4) is 0 Å². The summed E-state index contributed by atoms with van der Waals surface area (Å²) in [6.07, 6.45) is 3.78. The molecule has 0 radical (unpaired) electrons. The minimum absolute atomic E-state index is 0.640. The first-order chi connectivity index (χ1) is 8.56. The van der Waals surface area contributed by atoms with Gasteiger partial charge in [0.1, 0.15) is 11.6 Å². The molecule has 4 heteroatoms. The molecule has 1 aromatic rings. The molecule has 1 unspecified atom stereocenters. The number of aromatic nitrogens is 2. The van der Waals surface area contributed by atoms with Crippen LogP contribution in [0.4, 0.5) is 5.82 Å². The number of hydrogen-bond donors (Lipinski definition) is 0. The van der Waals surface area contributed by atoms with Crippen LogP contribution < -0.4 is 4.90 Å². The van der Waals surface area contributed by atoms with Crippen LogP contribution in [0.15, 0.2) is 6.07 Å². The largest absolute Gasteiger partial charge is 0.353 e. The van der Waals surface area contributed by atoms with E-state index in [1.807, 2.05) is 13.8 Å². The predicted octanol–water partition coefficient (Wildman–Crippen LogP) is 2.01. The van der Waals surface area contributed by atoms with Gasteiger partial charge in [0, 0.05) is 24.3 Å². The molecule has 4 nitrogen and oxygen atoms in total. The van der Waals surface area contributed by atoms with Gasteiger partial charge < -0.3 is 9.80 Å². The Hall–Kier alpha value is -1.16. The molecule has 100 valence electrons. The van der Waals surface area contributed by atoms with Gasteiger partial charge in [-0.2, -0.15) is 0 Å². The van der Waals surface area contributed by atoms with E-state index in [1.165, 1.54) is 19.3 Å². The third-order valence-electron chi connectivity index (χ3n) is 3.53. The third kappa shape index (κ3) is 3.19. The molecular formula is C14H24N4. The molecule has 0 spiro atoms. The Morgan fingerprint density at radius 3 is 2.78 bits per heavy atom. The highest BCUT2D eigenvalue weighted by Gasteiger charge is 2.25. The van der Waals surface area contributed by atoms with E-state index in [0.29, 0.717) is 6.04 Å². The second-order valence-corrected chi connectivity index (χ2v) is 5.50. The van der Waals surface area contributed by atoms with Crippen LogP contribution in [0.1, 0.15) is 30.8 Å². The van der Waals surface area contributed by atoms with Gasteiger partial charge in [-0.25, -0.2) is 9.97 Å². The van der Waals surface area contributed by atoms with E-state index < -0.39 is 0 Å². The van der Waals surface area contributed by atoms with Crippen LogP contribution in [0, 0.1) is 13.8 Å². The number of anilines is 1. The molecule has 0 N–H and O–H groups in total. The van der Waals surface area contributed by atoms with Crippen molar-refractivity contribution in [3.8, 4) is 0 Å². The molecule has 0 amide bonds. The SMILES string of the molecule is Cc1cc(N2CCCC2CCN(C)C)nc(C)n1. The summed E-state index contributed by atoms with van der Waals surface area (Å²) in [7, 11) is 4.27. The summed E-state index contributed by atoms with van der Waals surface area (Å²) >= 11 is 0. The fourth-order valence-corrected chi connectivity index (χ4v) is 2.69. The van der Waals surface area contributed by atoms with Gasteiger partial charge in [0.25, 0.3) is 0 Å². The van der Waals surface area contributed by atoms with E-state index in [1.54, 1.807) is 0 Å². The van der Waals surface area contributed by atoms with Crippen LogP contribution in [0.2, 0.25) is 0 Å². The smallest absolute Gasteiger partial charge is 0.132 e. The minimum Gasteiger partial charge on any atom is -0.353 e. The average Bonchev–Trinajstić information content (AvgIpc) is 2.72. The van der Waals surface area contributed by atoms with Crippen LogP contribution in [0.5, 0.6) is 0 Å². The Labute approximate surface area is 110 Å². The normalized spacial score (nSPS) is 19.8. The summed E-state index contributed by atoms with van der Waals surface area (Å²) in [5.41, 5.74) is 1.07. The number of nitrogens with zero attached hydrogens (tertiary/aromatic N) is 4. The molecular weight excluding hydrogens is 224 g/mol. The van der Waals surface area contributed by atoms with Crippen molar-refractivity contribution in [1.29, 1.82) is 0 Å². The summed E-state index contributed by atoms with van der Waals surface area (Å²) in [6, 6.07) is 2.75. The van der Waals surface area contributed by atoms with Gasteiger partial charge in [-0.3, -0.25) is 0 Å². The quantitative estimate of drug-likeness (QED) is 0.816. The van der Waals surface area contributed by atoms with Crippen molar-refractivity contribution in [2.45, 2.75) is 39.2 Å². The monoisotopic (exact) mass is 248 g/mol. The Bertz CT molecular complexity index is 383. The van der Waals surface area contributed by atoms with Crippen molar-refractivity contribution in [1.82, 2.24) is 14.9 Å². The summed E-state index contributed by atoms with van der Waals surface area (Å²) in [5, 5.41) is 0. The average molecular weight is 248 g/mol. The summed E-state index contributed by atoms with van der Waals surface area (Å²) in [4.78, 5) is 13.7. The van der Waals surface area contributed by atoms with Gasteiger partial charge in [-0.15, -0.1) is 0 Å². The first kappa shape index (κ1) is 13.3. The first-order valence-electron chi connectivity index (χ1n) is 6.80. The second-order valence-electron chi connectivity index (χ2n) is 5.50. The molecule has 0 aliphatic carbocycles. The number of rotatable bonds is 4. The molecule has 1 aliphatic rings. The van der Waals surface area contributed by atoms with E-state index in [9.17, 15) is 0 Å². The first-order valence-corrected chi connectivity index (χ1v) is 6.80. The van der Waals surface area contributed by atoms with E-state index in [-0.39, 0.29) is 0 Å². The highest BCUT2D eigenvalue weighted by atomic mass is 15.2. The molecule has 2 heterocycles.